The van der Waals surface area contributed by atoms with Crippen LogP contribution in [0.1, 0.15) is 51.4 Å². The first kappa shape index (κ1) is 8.32. The Kier molecular flexibility index (Phi) is 0.805. The maximum Gasteiger partial charge on any atom is -0.0139 e. The lowest BCUT2D eigenvalue weighted by atomic mass is 9.22. The van der Waals surface area contributed by atoms with Gasteiger partial charge in [-0.15, -0.1) is 0 Å². The minimum absolute atomic E-state index is 0.921. The molecular formula is C18H22. The van der Waals surface area contributed by atoms with E-state index in [9.17, 15) is 0 Å². The van der Waals surface area contributed by atoms with Gasteiger partial charge in [-0.2, -0.15) is 0 Å². The molecule has 3 spiro atoms. The van der Waals surface area contributed by atoms with Crippen LogP contribution < -0.4 is 0 Å². The lowest BCUT2D eigenvalue weighted by molar-refractivity contribution is -0.337. The van der Waals surface area contributed by atoms with Gasteiger partial charge in [0, 0.05) is 0 Å². The summed E-state index contributed by atoms with van der Waals surface area (Å²) < 4.78 is 0. The van der Waals surface area contributed by atoms with Crippen LogP contribution in [0.4, 0.5) is 0 Å². The Bertz CT molecular complexity index is 542. The summed E-state index contributed by atoms with van der Waals surface area (Å²) in [7, 11) is 0. The summed E-state index contributed by atoms with van der Waals surface area (Å²) >= 11 is 0. The molecule has 0 saturated heterocycles. The van der Waals surface area contributed by atoms with Gasteiger partial charge in [0.2, 0.25) is 0 Å². The Morgan fingerprint density at radius 1 is 0.667 bits per heavy atom. The van der Waals surface area contributed by atoms with Crippen LogP contribution in [0.3, 0.4) is 0 Å². The zero-order chi connectivity index (χ0) is 11.1. The molecule has 0 heterocycles. The van der Waals surface area contributed by atoms with Crippen LogP contribution in [0.2, 0.25) is 0 Å². The fourth-order valence-corrected chi connectivity index (χ4v) is 11.5. The lowest BCUT2D eigenvalue weighted by Gasteiger charge is -2.81. The molecule has 0 heteroatoms. The molecule has 8 rings (SSSR count). The van der Waals surface area contributed by atoms with Gasteiger partial charge in [-0.3, -0.25) is 0 Å². The van der Waals surface area contributed by atoms with Crippen molar-refractivity contribution in [2.24, 2.45) is 57.2 Å². The van der Waals surface area contributed by atoms with E-state index in [1.165, 1.54) is 35.5 Å². The molecule has 0 aliphatic heterocycles. The van der Waals surface area contributed by atoms with Gasteiger partial charge in [0.25, 0.3) is 0 Å². The van der Waals surface area contributed by atoms with E-state index in [-0.39, 0.29) is 0 Å². The predicted molar refractivity (Wildman–Crippen MR) is 67.6 cm³/mol. The van der Waals surface area contributed by atoms with E-state index >= 15 is 0 Å². The normalized spacial score (nSPS) is 89.3. The van der Waals surface area contributed by atoms with E-state index in [4.69, 9.17) is 0 Å². The third-order valence-corrected chi connectivity index (χ3v) is 11.1. The van der Waals surface area contributed by atoms with Gasteiger partial charge in [-0.05, 0) is 109 Å². The Morgan fingerprint density at radius 2 is 1.50 bits per heavy atom. The average Bonchev–Trinajstić information content (AvgIpc) is 2.82. The van der Waals surface area contributed by atoms with Crippen molar-refractivity contribution in [3.63, 3.8) is 0 Å². The highest BCUT2D eigenvalue weighted by Gasteiger charge is 2.99. The zero-order valence-corrected chi connectivity index (χ0v) is 11.1. The maximum atomic E-state index is 1.73. The second-order valence-electron chi connectivity index (χ2n) is 10.1. The van der Waals surface area contributed by atoms with Crippen LogP contribution in [0.15, 0.2) is 0 Å². The van der Waals surface area contributed by atoms with E-state index in [1.54, 1.807) is 51.4 Å². The first-order valence-electron chi connectivity index (χ1n) is 8.78. The first-order valence-corrected chi connectivity index (χ1v) is 8.78. The van der Waals surface area contributed by atoms with Gasteiger partial charge >= 0.3 is 0 Å². The van der Waals surface area contributed by atoms with Crippen LogP contribution in [0.5, 0.6) is 0 Å². The van der Waals surface area contributed by atoms with Crippen molar-refractivity contribution in [1.82, 2.24) is 0 Å². The largest absolute Gasteiger partial charge is 0.0493 e. The second-order valence-corrected chi connectivity index (χ2v) is 10.1. The topological polar surface area (TPSA) is 0 Å². The molecule has 94 valence electrons. The summed E-state index contributed by atoms with van der Waals surface area (Å²) in [4.78, 5) is 0. The monoisotopic (exact) mass is 238 g/mol. The van der Waals surface area contributed by atoms with E-state index < -0.39 is 0 Å². The number of fused-ring (bicyclic) bond motifs is 4. The molecule has 0 N–H and O–H groups in total. The maximum absolute atomic E-state index is 1.73. The minimum atomic E-state index is 0.921. The van der Waals surface area contributed by atoms with Crippen molar-refractivity contribution >= 4 is 0 Å². The molecule has 8 fully saturated rings. The molecule has 4 bridgehead atoms. The summed E-state index contributed by atoms with van der Waals surface area (Å²) in [6.45, 7) is 0. The Hall–Kier alpha value is 0. The Balaban J connectivity index is 1.56. The van der Waals surface area contributed by atoms with Crippen LogP contribution >= 0.6 is 0 Å². The van der Waals surface area contributed by atoms with E-state index in [0.29, 0.717) is 0 Å². The minimum Gasteiger partial charge on any atom is -0.0493 e. The molecule has 0 aromatic heterocycles. The summed E-state index contributed by atoms with van der Waals surface area (Å²) in [5.74, 6) is 7.48. The molecule has 0 radical (unpaired) electrons. The second kappa shape index (κ2) is 1.74. The first-order chi connectivity index (χ1) is 8.78. The van der Waals surface area contributed by atoms with Gasteiger partial charge in [0.1, 0.15) is 0 Å². The molecular weight excluding hydrogens is 216 g/mol. The molecule has 8 saturated carbocycles. The Morgan fingerprint density at radius 3 is 2.39 bits per heavy atom. The number of rotatable bonds is 0. The van der Waals surface area contributed by atoms with Gasteiger partial charge in [-0.25, -0.2) is 0 Å². The summed E-state index contributed by atoms with van der Waals surface area (Å²) in [6, 6.07) is 0. The fourth-order valence-electron chi connectivity index (χ4n) is 11.5. The number of hydrogen-bond donors (Lipinski definition) is 0. The zero-order valence-electron chi connectivity index (χ0n) is 11.1. The van der Waals surface area contributed by atoms with Crippen LogP contribution in [-0.4, -0.2) is 0 Å². The highest BCUT2D eigenvalue weighted by Crippen LogP contribution is 3.05. The van der Waals surface area contributed by atoms with Crippen molar-refractivity contribution in [3.8, 4) is 0 Å². The van der Waals surface area contributed by atoms with Crippen LogP contribution in [0, 0.1) is 57.2 Å². The molecule has 0 aromatic rings. The van der Waals surface area contributed by atoms with Crippen molar-refractivity contribution in [2.75, 3.05) is 0 Å². The molecule has 0 nitrogen and oxygen atoms in total. The molecule has 0 aromatic carbocycles. The summed E-state index contributed by atoms with van der Waals surface area (Å²) in [5, 5.41) is 0. The SMILES string of the molecule is C1CC23C4CC5(CC6C(C5)C57CC6C52CC17)CC43. The van der Waals surface area contributed by atoms with Gasteiger partial charge in [-0.1, -0.05) is 0 Å². The van der Waals surface area contributed by atoms with Gasteiger partial charge < -0.3 is 0 Å². The summed E-state index contributed by atoms with van der Waals surface area (Å²) in [5.41, 5.74) is 3.86. The molecule has 8 unspecified atom stereocenters. The van der Waals surface area contributed by atoms with Crippen molar-refractivity contribution in [2.45, 2.75) is 51.4 Å². The third-order valence-electron chi connectivity index (χ3n) is 11.1. The van der Waals surface area contributed by atoms with E-state index in [1.807, 2.05) is 0 Å². The van der Waals surface area contributed by atoms with Crippen molar-refractivity contribution < 1.29 is 0 Å². The summed E-state index contributed by atoms with van der Waals surface area (Å²) in [6.07, 6.45) is 13.7. The van der Waals surface area contributed by atoms with Crippen LogP contribution in [0.25, 0.3) is 0 Å². The fraction of sp³-hybridized carbons (Fsp3) is 1.00. The highest BCUT2D eigenvalue weighted by molar-refractivity contribution is 5.46. The number of hydrogen-bond acceptors (Lipinski definition) is 0. The van der Waals surface area contributed by atoms with Gasteiger partial charge in [0.15, 0.2) is 0 Å². The quantitative estimate of drug-likeness (QED) is 0.601. The van der Waals surface area contributed by atoms with Gasteiger partial charge in [0.05, 0.1) is 0 Å². The Labute approximate surface area is 109 Å². The van der Waals surface area contributed by atoms with E-state index in [0.717, 1.165) is 21.7 Å². The molecule has 8 aliphatic rings. The molecule has 18 heavy (non-hydrogen) atoms. The molecule has 0 amide bonds. The highest BCUT2D eigenvalue weighted by atomic mass is 15.0. The van der Waals surface area contributed by atoms with Crippen molar-refractivity contribution in [1.29, 1.82) is 0 Å². The third kappa shape index (κ3) is 0.407. The van der Waals surface area contributed by atoms with Crippen LogP contribution in [-0.2, 0) is 0 Å². The van der Waals surface area contributed by atoms with E-state index in [2.05, 4.69) is 0 Å². The standard InChI is InChI=1S/C18H22/c1-2-16-13-6-15(7-14(13)16)4-10-11(5-15)17-8-12(10)18(16,17)3-9(1)17/h9-14H,1-8H2. The smallest absolute Gasteiger partial charge is 0.0139 e. The predicted octanol–water partition coefficient (Wildman–Crippen LogP) is 3.86. The lowest BCUT2D eigenvalue weighted by Crippen LogP contribution is -2.75. The van der Waals surface area contributed by atoms with Crippen molar-refractivity contribution in [3.05, 3.63) is 0 Å². The average molecular weight is 238 g/mol. The molecule has 8 atom stereocenters. The molecule has 8 aliphatic carbocycles.